The van der Waals surface area contributed by atoms with Crippen molar-refractivity contribution >= 4 is 22.9 Å². The lowest BCUT2D eigenvalue weighted by Gasteiger charge is -2.08. The molecule has 2 nitrogen and oxygen atoms in total. The molecule has 0 radical (unpaired) electrons. The van der Waals surface area contributed by atoms with E-state index in [4.69, 9.17) is 17.0 Å². The maximum absolute atomic E-state index is 12.8. The average molecular weight is 287 g/mol. The molecule has 2 aromatic rings. The van der Waals surface area contributed by atoms with Gasteiger partial charge in [-0.2, -0.15) is 0 Å². The maximum Gasteiger partial charge on any atom is 0.126 e. The third-order valence-electron chi connectivity index (χ3n) is 2.58. The van der Waals surface area contributed by atoms with Gasteiger partial charge in [-0.25, -0.2) is 4.39 Å². The lowest BCUT2D eigenvalue weighted by molar-refractivity contribution is 0.478. The first kappa shape index (κ1) is 14.2. The topological polar surface area (TPSA) is 21.3 Å². The Balaban J connectivity index is 1.96. The summed E-state index contributed by atoms with van der Waals surface area (Å²) < 4.78 is 18.3. The Labute approximate surface area is 122 Å². The van der Waals surface area contributed by atoms with Crippen molar-refractivity contribution < 1.29 is 9.13 Å². The second-order valence-corrected chi connectivity index (χ2v) is 4.60. The molecule has 0 spiro atoms. The zero-order valence-corrected chi connectivity index (χ0v) is 11.8. The molecule has 4 heteroatoms. The van der Waals surface area contributed by atoms with Crippen LogP contribution in [-0.4, -0.2) is 4.99 Å². The fraction of sp³-hybridized carbons (Fsp3) is 0.0625. The summed E-state index contributed by atoms with van der Waals surface area (Å²) in [5.41, 5.74) is 1.53. The molecule has 20 heavy (non-hydrogen) atoms. The van der Waals surface area contributed by atoms with Gasteiger partial charge in [-0.15, -0.1) is 0 Å². The smallest absolute Gasteiger partial charge is 0.126 e. The van der Waals surface area contributed by atoms with Crippen molar-refractivity contribution in [3.05, 3.63) is 72.2 Å². The summed E-state index contributed by atoms with van der Waals surface area (Å²) in [7, 11) is 0. The molecule has 0 aliphatic heterocycles. The molecule has 0 unspecified atom stereocenters. The summed E-state index contributed by atoms with van der Waals surface area (Å²) in [6, 6.07) is 15.5. The van der Waals surface area contributed by atoms with Crippen LogP contribution in [0, 0.1) is 5.82 Å². The van der Waals surface area contributed by atoms with Crippen molar-refractivity contribution in [3.8, 4) is 5.75 Å². The number of rotatable bonds is 4. The van der Waals surface area contributed by atoms with Crippen LogP contribution in [0.4, 0.5) is 10.1 Å². The van der Waals surface area contributed by atoms with Crippen LogP contribution in [0.2, 0.25) is 0 Å². The standard InChI is InChI=1S/C16H14FNOS/c1-12(11-19-15-5-3-2-4-6-15)16(20)18-14-9-7-13(17)8-10-14/h2-11H,1H3,(H,18,20)/b12-11+. The highest BCUT2D eigenvalue weighted by atomic mass is 32.1. The Morgan fingerprint density at radius 1 is 1.10 bits per heavy atom. The molecule has 1 N–H and O–H groups in total. The predicted molar refractivity (Wildman–Crippen MR) is 83.4 cm³/mol. The minimum Gasteiger partial charge on any atom is -0.465 e. The fourth-order valence-electron chi connectivity index (χ4n) is 1.47. The van der Waals surface area contributed by atoms with Gasteiger partial charge in [-0.1, -0.05) is 30.4 Å². The number of hydrogen-bond acceptors (Lipinski definition) is 2. The van der Waals surface area contributed by atoms with Crippen LogP contribution in [0.25, 0.3) is 0 Å². The van der Waals surface area contributed by atoms with Crippen molar-refractivity contribution in [2.45, 2.75) is 6.92 Å². The van der Waals surface area contributed by atoms with E-state index in [-0.39, 0.29) is 5.82 Å². The highest BCUT2D eigenvalue weighted by Crippen LogP contribution is 2.12. The van der Waals surface area contributed by atoms with E-state index in [1.807, 2.05) is 37.3 Å². The van der Waals surface area contributed by atoms with Crippen molar-refractivity contribution in [2.24, 2.45) is 0 Å². The molecule has 0 heterocycles. The number of para-hydroxylation sites is 1. The Bertz CT molecular complexity index is 608. The first-order chi connectivity index (χ1) is 9.65. The van der Waals surface area contributed by atoms with Gasteiger partial charge in [0.1, 0.15) is 16.6 Å². The van der Waals surface area contributed by atoms with E-state index in [1.54, 1.807) is 18.4 Å². The minimum absolute atomic E-state index is 0.277. The van der Waals surface area contributed by atoms with Gasteiger partial charge in [0.25, 0.3) is 0 Å². The lowest BCUT2D eigenvalue weighted by atomic mass is 10.3. The molecule has 0 aromatic heterocycles. The molecule has 0 aliphatic carbocycles. The molecular weight excluding hydrogens is 273 g/mol. The maximum atomic E-state index is 12.8. The lowest BCUT2D eigenvalue weighted by Crippen LogP contribution is -2.10. The summed E-state index contributed by atoms with van der Waals surface area (Å²) in [5.74, 6) is 0.470. The molecule has 0 aliphatic rings. The largest absolute Gasteiger partial charge is 0.465 e. The third-order valence-corrected chi connectivity index (χ3v) is 3.00. The molecular formula is C16H14FNOS. The second kappa shape index (κ2) is 6.82. The molecule has 2 aromatic carbocycles. The number of ether oxygens (including phenoxy) is 1. The first-order valence-electron chi connectivity index (χ1n) is 6.10. The summed E-state index contributed by atoms with van der Waals surface area (Å²) in [5, 5.41) is 3.02. The zero-order valence-electron chi connectivity index (χ0n) is 11.0. The van der Waals surface area contributed by atoms with Crippen LogP contribution in [0.5, 0.6) is 5.75 Å². The Morgan fingerprint density at radius 2 is 1.75 bits per heavy atom. The molecule has 0 amide bonds. The van der Waals surface area contributed by atoms with Crippen LogP contribution in [0.15, 0.2) is 66.4 Å². The van der Waals surface area contributed by atoms with E-state index < -0.39 is 0 Å². The molecule has 0 bridgehead atoms. The summed E-state index contributed by atoms with van der Waals surface area (Å²) in [6.45, 7) is 1.85. The number of benzene rings is 2. The minimum atomic E-state index is -0.277. The quantitative estimate of drug-likeness (QED) is 0.506. The number of hydrogen-bond donors (Lipinski definition) is 1. The number of halogens is 1. The van der Waals surface area contributed by atoms with E-state index in [0.29, 0.717) is 4.99 Å². The van der Waals surface area contributed by atoms with E-state index in [0.717, 1.165) is 17.0 Å². The molecule has 0 atom stereocenters. The summed E-state index contributed by atoms with van der Waals surface area (Å²) in [4.78, 5) is 0.535. The SMILES string of the molecule is C/C(=C\Oc1ccccc1)C(=S)Nc1ccc(F)cc1. The molecule has 0 fully saturated rings. The number of anilines is 1. The van der Waals surface area contributed by atoms with Crippen LogP contribution in [0.3, 0.4) is 0 Å². The van der Waals surface area contributed by atoms with Crippen LogP contribution in [0.1, 0.15) is 6.92 Å². The van der Waals surface area contributed by atoms with Gasteiger partial charge in [0, 0.05) is 11.3 Å². The number of nitrogens with one attached hydrogen (secondary N) is 1. The Morgan fingerprint density at radius 3 is 2.40 bits per heavy atom. The van der Waals surface area contributed by atoms with Crippen molar-refractivity contribution in [1.29, 1.82) is 0 Å². The Kier molecular flexibility index (Phi) is 4.85. The monoisotopic (exact) mass is 287 g/mol. The van der Waals surface area contributed by atoms with E-state index in [1.165, 1.54) is 12.1 Å². The van der Waals surface area contributed by atoms with Crippen molar-refractivity contribution in [2.75, 3.05) is 5.32 Å². The van der Waals surface area contributed by atoms with E-state index >= 15 is 0 Å². The van der Waals surface area contributed by atoms with Gasteiger partial charge in [0.2, 0.25) is 0 Å². The van der Waals surface area contributed by atoms with Crippen LogP contribution < -0.4 is 10.1 Å². The van der Waals surface area contributed by atoms with Crippen LogP contribution in [-0.2, 0) is 0 Å². The summed E-state index contributed by atoms with van der Waals surface area (Å²) >= 11 is 5.25. The van der Waals surface area contributed by atoms with Crippen molar-refractivity contribution in [1.82, 2.24) is 0 Å². The predicted octanol–water partition coefficient (Wildman–Crippen LogP) is 4.55. The van der Waals surface area contributed by atoms with Gasteiger partial charge in [-0.3, -0.25) is 0 Å². The van der Waals surface area contributed by atoms with Gasteiger partial charge in [0.15, 0.2) is 0 Å². The van der Waals surface area contributed by atoms with Gasteiger partial charge in [-0.05, 0) is 43.3 Å². The highest BCUT2D eigenvalue weighted by molar-refractivity contribution is 7.81. The van der Waals surface area contributed by atoms with Crippen LogP contribution >= 0.6 is 12.2 Å². The second-order valence-electron chi connectivity index (χ2n) is 4.19. The van der Waals surface area contributed by atoms with E-state index in [9.17, 15) is 4.39 Å². The first-order valence-corrected chi connectivity index (χ1v) is 6.51. The Hall–Kier alpha value is -2.20. The molecule has 2 rings (SSSR count). The van der Waals surface area contributed by atoms with Gasteiger partial charge in [0.05, 0.1) is 6.26 Å². The normalized spacial score (nSPS) is 11.0. The number of thiocarbonyl (C=S) groups is 1. The van der Waals surface area contributed by atoms with Crippen molar-refractivity contribution in [3.63, 3.8) is 0 Å². The third kappa shape index (κ3) is 4.17. The fourth-order valence-corrected chi connectivity index (χ4v) is 1.64. The van der Waals surface area contributed by atoms with E-state index in [2.05, 4.69) is 5.32 Å². The molecule has 102 valence electrons. The molecule has 0 saturated heterocycles. The summed E-state index contributed by atoms with van der Waals surface area (Å²) in [6.07, 6.45) is 1.59. The van der Waals surface area contributed by atoms with Gasteiger partial charge < -0.3 is 10.1 Å². The molecule has 0 saturated carbocycles. The highest BCUT2D eigenvalue weighted by Gasteiger charge is 2.01. The zero-order chi connectivity index (χ0) is 14.4. The average Bonchev–Trinajstić information content (AvgIpc) is 2.48. The van der Waals surface area contributed by atoms with Gasteiger partial charge >= 0.3 is 0 Å².